The third-order valence-electron chi connectivity index (χ3n) is 3.57. The minimum absolute atomic E-state index is 0.415. The highest BCUT2D eigenvalue weighted by Crippen LogP contribution is 2.37. The van der Waals surface area contributed by atoms with Crippen molar-refractivity contribution in [2.45, 2.75) is 57.4 Å². The molecule has 0 aromatic carbocycles. The highest BCUT2D eigenvalue weighted by molar-refractivity contribution is 9.10. The van der Waals surface area contributed by atoms with Crippen LogP contribution in [0.5, 0.6) is 0 Å². The quantitative estimate of drug-likeness (QED) is 0.845. The first-order valence-corrected chi connectivity index (χ1v) is 9.18. The largest absolute Gasteiger partial charge is 0.308 e. The zero-order valence-corrected chi connectivity index (χ0v) is 14.3. The lowest BCUT2D eigenvalue weighted by atomic mass is 10.0. The van der Waals surface area contributed by atoms with Crippen LogP contribution in [0.1, 0.15) is 51.3 Å². The lowest BCUT2D eigenvalue weighted by Crippen LogP contribution is -2.33. The molecule has 2 rings (SSSR count). The van der Waals surface area contributed by atoms with Crippen LogP contribution in [0.3, 0.4) is 0 Å². The van der Waals surface area contributed by atoms with Gasteiger partial charge in [-0.1, -0.05) is 20.3 Å². The molecule has 2 atom stereocenters. The van der Waals surface area contributed by atoms with Crippen molar-refractivity contribution < 1.29 is 0 Å². The number of hydrogen-bond donors (Lipinski definition) is 1. The van der Waals surface area contributed by atoms with E-state index < -0.39 is 0 Å². The molecule has 3 nitrogen and oxygen atoms in total. The Morgan fingerprint density at radius 3 is 3.00 bits per heavy atom. The Bertz CT molecular complexity index is 388. The van der Waals surface area contributed by atoms with Gasteiger partial charge in [0, 0.05) is 11.8 Å². The van der Waals surface area contributed by atoms with Crippen LogP contribution in [0.25, 0.3) is 0 Å². The first-order chi connectivity index (χ1) is 9.27. The minimum Gasteiger partial charge on any atom is -0.308 e. The van der Waals surface area contributed by atoms with E-state index in [2.05, 4.69) is 56.6 Å². The zero-order valence-electron chi connectivity index (χ0n) is 11.9. The molecule has 0 spiro atoms. The monoisotopic (exact) mass is 345 g/mol. The molecule has 1 aliphatic heterocycles. The van der Waals surface area contributed by atoms with Gasteiger partial charge in [0.25, 0.3) is 0 Å². The Kier molecular flexibility index (Phi) is 6.23. The average molecular weight is 346 g/mol. The lowest BCUT2D eigenvalue weighted by molar-refractivity contribution is 0.444. The Labute approximate surface area is 129 Å². The van der Waals surface area contributed by atoms with E-state index in [1.807, 2.05) is 6.20 Å². The maximum Gasteiger partial charge on any atom is 0.0706 e. The van der Waals surface area contributed by atoms with Gasteiger partial charge in [-0.2, -0.15) is 16.9 Å². The van der Waals surface area contributed by atoms with Crippen LogP contribution < -0.4 is 5.32 Å². The average Bonchev–Trinajstić information content (AvgIpc) is 2.79. The molecule has 2 heterocycles. The number of nitrogens with one attached hydrogen (secondary N) is 1. The van der Waals surface area contributed by atoms with E-state index in [1.54, 1.807) is 0 Å². The lowest BCUT2D eigenvalue weighted by Gasteiger charge is -2.31. The van der Waals surface area contributed by atoms with Gasteiger partial charge in [0.05, 0.1) is 22.4 Å². The second-order valence-corrected chi connectivity index (χ2v) is 7.24. The molecule has 5 heteroatoms. The standard InChI is InChI=1S/C14H24BrN3S/c1-3-8-18-14(11(15)10-17-18)13(16-4-2)12-7-5-6-9-19-12/h10,12-13,16H,3-9H2,1-2H3. The summed E-state index contributed by atoms with van der Waals surface area (Å²) in [4.78, 5) is 0. The van der Waals surface area contributed by atoms with Crippen molar-refractivity contribution in [1.29, 1.82) is 0 Å². The van der Waals surface area contributed by atoms with E-state index in [0.29, 0.717) is 11.3 Å². The summed E-state index contributed by atoms with van der Waals surface area (Å²) >= 11 is 5.81. The predicted octanol–water partition coefficient (Wildman–Crippen LogP) is 3.99. The van der Waals surface area contributed by atoms with Gasteiger partial charge in [-0.05, 0) is 47.5 Å². The van der Waals surface area contributed by atoms with Crippen LogP contribution >= 0.6 is 27.7 Å². The van der Waals surface area contributed by atoms with Gasteiger partial charge in [-0.25, -0.2) is 0 Å². The van der Waals surface area contributed by atoms with E-state index in [0.717, 1.165) is 24.0 Å². The summed E-state index contributed by atoms with van der Waals surface area (Å²) in [7, 11) is 0. The zero-order chi connectivity index (χ0) is 13.7. The van der Waals surface area contributed by atoms with E-state index in [4.69, 9.17) is 0 Å². The smallest absolute Gasteiger partial charge is 0.0706 e. The van der Waals surface area contributed by atoms with Crippen LogP contribution in [0.15, 0.2) is 10.7 Å². The summed E-state index contributed by atoms with van der Waals surface area (Å²) in [5, 5.41) is 8.88. The maximum absolute atomic E-state index is 4.52. The first kappa shape index (κ1) is 15.4. The van der Waals surface area contributed by atoms with Crippen LogP contribution in [-0.2, 0) is 6.54 Å². The number of halogens is 1. The molecule has 0 radical (unpaired) electrons. The third kappa shape index (κ3) is 3.76. The highest BCUT2D eigenvalue weighted by atomic mass is 79.9. The van der Waals surface area contributed by atoms with Gasteiger partial charge >= 0.3 is 0 Å². The van der Waals surface area contributed by atoms with Crippen LogP contribution in [0, 0.1) is 0 Å². The molecule has 0 amide bonds. The van der Waals surface area contributed by atoms with Gasteiger partial charge in [-0.3, -0.25) is 4.68 Å². The van der Waals surface area contributed by atoms with Crippen molar-refractivity contribution in [3.8, 4) is 0 Å². The fraction of sp³-hybridized carbons (Fsp3) is 0.786. The molecule has 0 saturated carbocycles. The second-order valence-electron chi connectivity index (χ2n) is 5.04. The SMILES string of the molecule is CCCn1ncc(Br)c1C(NCC)C1CCCCS1. The van der Waals surface area contributed by atoms with Gasteiger partial charge in [0.1, 0.15) is 0 Å². The minimum atomic E-state index is 0.415. The van der Waals surface area contributed by atoms with Crippen molar-refractivity contribution in [2.75, 3.05) is 12.3 Å². The van der Waals surface area contributed by atoms with Crippen LogP contribution in [-0.4, -0.2) is 27.3 Å². The van der Waals surface area contributed by atoms with Gasteiger partial charge in [-0.15, -0.1) is 0 Å². The molecule has 19 heavy (non-hydrogen) atoms. The second kappa shape index (κ2) is 7.70. The Morgan fingerprint density at radius 2 is 2.37 bits per heavy atom. The molecular formula is C14H24BrN3S. The molecule has 1 N–H and O–H groups in total. The summed E-state index contributed by atoms with van der Waals surface area (Å²) in [5.74, 6) is 1.30. The summed E-state index contributed by atoms with van der Waals surface area (Å²) in [6, 6.07) is 0.415. The molecule has 1 saturated heterocycles. The van der Waals surface area contributed by atoms with Crippen LogP contribution in [0.2, 0.25) is 0 Å². The first-order valence-electron chi connectivity index (χ1n) is 7.34. The fourth-order valence-electron chi connectivity index (χ4n) is 2.72. The highest BCUT2D eigenvalue weighted by Gasteiger charge is 2.29. The Morgan fingerprint density at radius 1 is 1.53 bits per heavy atom. The van der Waals surface area contributed by atoms with E-state index in [1.165, 1.54) is 30.7 Å². The molecule has 1 fully saturated rings. The van der Waals surface area contributed by atoms with Gasteiger partial charge in [0.2, 0.25) is 0 Å². The predicted molar refractivity (Wildman–Crippen MR) is 86.7 cm³/mol. The number of nitrogens with zero attached hydrogens (tertiary/aromatic N) is 2. The topological polar surface area (TPSA) is 29.9 Å². The number of aryl methyl sites for hydroxylation is 1. The molecule has 2 unspecified atom stereocenters. The molecule has 1 aromatic heterocycles. The summed E-state index contributed by atoms with van der Waals surface area (Å²) in [5.41, 5.74) is 1.34. The number of hydrogen-bond acceptors (Lipinski definition) is 3. The van der Waals surface area contributed by atoms with Gasteiger partial charge < -0.3 is 5.32 Å². The number of thioether (sulfide) groups is 1. The summed E-state index contributed by atoms with van der Waals surface area (Å²) in [6.07, 6.45) is 7.11. The summed E-state index contributed by atoms with van der Waals surface area (Å²) in [6.45, 7) is 6.40. The van der Waals surface area contributed by atoms with E-state index >= 15 is 0 Å². The number of aromatic nitrogens is 2. The van der Waals surface area contributed by atoms with Gasteiger partial charge in [0.15, 0.2) is 0 Å². The molecule has 0 aliphatic carbocycles. The van der Waals surface area contributed by atoms with Crippen molar-refractivity contribution in [1.82, 2.24) is 15.1 Å². The third-order valence-corrected chi connectivity index (χ3v) is 5.65. The molecule has 1 aliphatic rings. The molecular weight excluding hydrogens is 322 g/mol. The summed E-state index contributed by atoms with van der Waals surface area (Å²) < 4.78 is 3.32. The van der Waals surface area contributed by atoms with Crippen LogP contribution in [0.4, 0.5) is 0 Å². The van der Waals surface area contributed by atoms with Crippen molar-refractivity contribution in [3.05, 3.63) is 16.4 Å². The van der Waals surface area contributed by atoms with Crippen molar-refractivity contribution >= 4 is 27.7 Å². The molecule has 0 bridgehead atoms. The molecule has 1 aromatic rings. The molecule has 108 valence electrons. The van der Waals surface area contributed by atoms with Crippen molar-refractivity contribution in [2.24, 2.45) is 0 Å². The van der Waals surface area contributed by atoms with E-state index in [9.17, 15) is 0 Å². The fourth-order valence-corrected chi connectivity index (χ4v) is 4.69. The Hall–Kier alpha value is -0.0000000000000000555. The Balaban J connectivity index is 2.24. The van der Waals surface area contributed by atoms with E-state index in [-0.39, 0.29) is 0 Å². The number of rotatable bonds is 6. The normalized spacial score (nSPS) is 21.5. The maximum atomic E-state index is 4.52. The van der Waals surface area contributed by atoms with Crippen molar-refractivity contribution in [3.63, 3.8) is 0 Å².